The Balaban J connectivity index is 1.55. The number of amides is 1. The van der Waals surface area contributed by atoms with Crippen LogP contribution >= 0.6 is 0 Å². The van der Waals surface area contributed by atoms with E-state index in [-0.39, 0.29) is 17.9 Å². The molecule has 0 radical (unpaired) electrons. The zero-order valence-corrected chi connectivity index (χ0v) is 17.8. The molecular weight excluding hydrogens is 398 g/mol. The van der Waals surface area contributed by atoms with Gasteiger partial charge in [-0.1, -0.05) is 6.07 Å². The van der Waals surface area contributed by atoms with E-state index in [0.29, 0.717) is 30.3 Å². The van der Waals surface area contributed by atoms with Gasteiger partial charge >= 0.3 is 0 Å². The molecule has 0 unspecified atom stereocenters. The van der Waals surface area contributed by atoms with Gasteiger partial charge in [0.05, 0.1) is 39.8 Å². The van der Waals surface area contributed by atoms with Crippen molar-refractivity contribution in [1.29, 1.82) is 0 Å². The van der Waals surface area contributed by atoms with Crippen molar-refractivity contribution in [2.45, 2.75) is 13.0 Å². The summed E-state index contributed by atoms with van der Waals surface area (Å²) < 4.78 is 17.1. The van der Waals surface area contributed by atoms with Crippen LogP contribution in [0.25, 0.3) is 11.3 Å². The maximum atomic E-state index is 12.4. The molecule has 0 spiro atoms. The molecule has 0 fully saturated rings. The molecule has 162 valence electrons. The summed E-state index contributed by atoms with van der Waals surface area (Å²) >= 11 is 0. The largest absolute Gasteiger partial charge is 0.497 e. The lowest BCUT2D eigenvalue weighted by atomic mass is 10.1. The Labute approximate surface area is 180 Å². The van der Waals surface area contributed by atoms with Crippen LogP contribution in [0.5, 0.6) is 17.2 Å². The third-order valence-corrected chi connectivity index (χ3v) is 4.75. The third-order valence-electron chi connectivity index (χ3n) is 4.75. The molecule has 0 aliphatic heterocycles. The van der Waals surface area contributed by atoms with Gasteiger partial charge in [0.2, 0.25) is 5.91 Å². The number of carbonyl (C=O) groups is 1. The first-order valence-corrected chi connectivity index (χ1v) is 9.72. The summed E-state index contributed by atoms with van der Waals surface area (Å²) in [5, 5.41) is 2.82. The smallest absolute Gasteiger partial charge is 0.253 e. The first-order chi connectivity index (χ1) is 15.0. The van der Waals surface area contributed by atoms with Crippen molar-refractivity contribution in [3.63, 3.8) is 0 Å². The fourth-order valence-corrected chi connectivity index (χ4v) is 3.07. The van der Waals surface area contributed by atoms with Crippen LogP contribution in [0.4, 0.5) is 0 Å². The maximum Gasteiger partial charge on any atom is 0.253 e. The van der Waals surface area contributed by atoms with Crippen molar-refractivity contribution >= 4 is 5.91 Å². The van der Waals surface area contributed by atoms with E-state index in [1.807, 2.05) is 30.3 Å². The van der Waals surface area contributed by atoms with Gasteiger partial charge < -0.3 is 19.5 Å². The molecule has 0 aliphatic carbocycles. The molecule has 3 aromatic rings. The highest BCUT2D eigenvalue weighted by molar-refractivity contribution is 5.78. The number of rotatable bonds is 9. The fourth-order valence-electron chi connectivity index (χ4n) is 3.07. The molecule has 8 nitrogen and oxygen atoms in total. The molecule has 8 heteroatoms. The first-order valence-electron chi connectivity index (χ1n) is 9.72. The minimum Gasteiger partial charge on any atom is -0.497 e. The maximum absolute atomic E-state index is 12.4. The number of nitrogens with one attached hydrogen (secondary N) is 1. The number of ether oxygens (including phenoxy) is 3. The van der Waals surface area contributed by atoms with E-state index < -0.39 is 0 Å². The van der Waals surface area contributed by atoms with Crippen LogP contribution in [0, 0.1) is 0 Å². The molecule has 1 amide bonds. The molecule has 0 saturated carbocycles. The van der Waals surface area contributed by atoms with Crippen molar-refractivity contribution < 1.29 is 19.0 Å². The van der Waals surface area contributed by atoms with E-state index in [9.17, 15) is 9.59 Å². The summed E-state index contributed by atoms with van der Waals surface area (Å²) in [6.07, 6.45) is 1.69. The van der Waals surface area contributed by atoms with Gasteiger partial charge in [0.1, 0.15) is 5.75 Å². The van der Waals surface area contributed by atoms with E-state index in [0.717, 1.165) is 16.9 Å². The highest BCUT2D eigenvalue weighted by Gasteiger charge is 2.09. The molecule has 3 rings (SSSR count). The van der Waals surface area contributed by atoms with Crippen molar-refractivity contribution in [2.75, 3.05) is 27.9 Å². The zero-order chi connectivity index (χ0) is 22.2. The lowest BCUT2D eigenvalue weighted by Gasteiger charge is -2.10. The Morgan fingerprint density at radius 1 is 0.968 bits per heavy atom. The zero-order valence-electron chi connectivity index (χ0n) is 17.8. The summed E-state index contributed by atoms with van der Waals surface area (Å²) in [6.45, 7) is 0.641. The van der Waals surface area contributed by atoms with Gasteiger partial charge in [-0.25, -0.2) is 4.98 Å². The second-order valence-corrected chi connectivity index (χ2v) is 6.75. The van der Waals surface area contributed by atoms with E-state index >= 15 is 0 Å². The highest BCUT2D eigenvalue weighted by Crippen LogP contribution is 2.27. The van der Waals surface area contributed by atoms with Crippen LogP contribution < -0.4 is 25.1 Å². The number of methoxy groups -OCH3 is 3. The summed E-state index contributed by atoms with van der Waals surface area (Å²) in [5.74, 6) is 1.77. The van der Waals surface area contributed by atoms with Gasteiger partial charge in [-0.3, -0.25) is 14.2 Å². The van der Waals surface area contributed by atoms with E-state index in [1.54, 1.807) is 33.5 Å². The Morgan fingerprint density at radius 2 is 1.71 bits per heavy atom. The fraction of sp³-hybridized carbons (Fsp3) is 0.261. The summed E-state index contributed by atoms with van der Waals surface area (Å²) in [6, 6.07) is 14.1. The first kappa shape index (κ1) is 21.9. The molecule has 0 bridgehead atoms. The van der Waals surface area contributed by atoms with Crippen molar-refractivity contribution in [2.24, 2.45) is 0 Å². The third kappa shape index (κ3) is 5.63. The normalized spacial score (nSPS) is 10.4. The average molecular weight is 423 g/mol. The van der Waals surface area contributed by atoms with Crippen molar-refractivity contribution in [3.8, 4) is 28.5 Å². The molecule has 0 saturated heterocycles. The van der Waals surface area contributed by atoms with E-state index in [2.05, 4.69) is 10.3 Å². The van der Waals surface area contributed by atoms with Gasteiger partial charge in [-0.2, -0.15) is 0 Å². The number of benzene rings is 2. The van der Waals surface area contributed by atoms with Crippen molar-refractivity contribution in [3.05, 3.63) is 70.8 Å². The number of aromatic nitrogens is 2. The SMILES string of the molecule is COc1ccc(-c2cc(=O)n(CCNC(=O)Cc3ccc(OC)c(OC)c3)cn2)cc1. The van der Waals surface area contributed by atoms with E-state index in [1.165, 1.54) is 17.0 Å². The topological polar surface area (TPSA) is 91.7 Å². The Bertz CT molecular complexity index is 1090. The lowest BCUT2D eigenvalue weighted by molar-refractivity contribution is -0.120. The summed E-state index contributed by atoms with van der Waals surface area (Å²) in [7, 11) is 4.71. The number of nitrogens with zero attached hydrogens (tertiary/aromatic N) is 2. The van der Waals surface area contributed by atoms with Crippen LogP contribution in [-0.4, -0.2) is 43.3 Å². The second kappa shape index (κ2) is 10.3. The quantitative estimate of drug-likeness (QED) is 0.568. The van der Waals surface area contributed by atoms with Gasteiger partial charge in [-0.05, 0) is 42.0 Å². The molecule has 1 N–H and O–H groups in total. The second-order valence-electron chi connectivity index (χ2n) is 6.75. The molecule has 0 atom stereocenters. The van der Waals surface area contributed by atoms with Crippen LogP contribution in [-0.2, 0) is 17.8 Å². The van der Waals surface area contributed by atoms with Gasteiger partial charge in [-0.15, -0.1) is 0 Å². The monoisotopic (exact) mass is 423 g/mol. The average Bonchev–Trinajstić information content (AvgIpc) is 2.80. The van der Waals surface area contributed by atoms with Crippen molar-refractivity contribution in [1.82, 2.24) is 14.9 Å². The number of hydrogen-bond donors (Lipinski definition) is 1. The summed E-state index contributed by atoms with van der Waals surface area (Å²) in [4.78, 5) is 29.0. The Hall–Kier alpha value is -3.81. The number of carbonyl (C=O) groups excluding carboxylic acids is 1. The van der Waals surface area contributed by atoms with Gasteiger partial charge in [0, 0.05) is 24.7 Å². The van der Waals surface area contributed by atoms with Gasteiger partial charge in [0.15, 0.2) is 11.5 Å². The molecule has 1 aromatic heterocycles. The van der Waals surface area contributed by atoms with Crippen LogP contribution in [0.3, 0.4) is 0 Å². The van der Waals surface area contributed by atoms with E-state index in [4.69, 9.17) is 14.2 Å². The lowest BCUT2D eigenvalue weighted by Crippen LogP contribution is -2.31. The summed E-state index contributed by atoms with van der Waals surface area (Å²) in [5.41, 5.74) is 2.03. The van der Waals surface area contributed by atoms with Gasteiger partial charge in [0.25, 0.3) is 5.56 Å². The molecule has 31 heavy (non-hydrogen) atoms. The highest BCUT2D eigenvalue weighted by atomic mass is 16.5. The Kier molecular flexibility index (Phi) is 7.26. The predicted octanol–water partition coefficient (Wildman–Crippen LogP) is 2.29. The van der Waals surface area contributed by atoms with Crippen LogP contribution in [0.2, 0.25) is 0 Å². The molecule has 0 aliphatic rings. The molecular formula is C23H25N3O5. The Morgan fingerprint density at radius 3 is 2.35 bits per heavy atom. The molecule has 1 heterocycles. The van der Waals surface area contributed by atoms with Crippen LogP contribution in [0.1, 0.15) is 5.56 Å². The number of hydrogen-bond acceptors (Lipinski definition) is 6. The minimum absolute atomic E-state index is 0.150. The van der Waals surface area contributed by atoms with Crippen LogP contribution in [0.15, 0.2) is 59.7 Å². The minimum atomic E-state index is -0.185. The predicted molar refractivity (Wildman–Crippen MR) is 117 cm³/mol. The standard InChI is InChI=1S/C23H25N3O5/c1-29-18-7-5-17(6-8-18)19-14-23(28)26(15-25-19)11-10-24-22(27)13-16-4-9-20(30-2)21(12-16)31-3/h4-9,12,14-15H,10-11,13H2,1-3H3,(H,24,27). The molecule has 2 aromatic carbocycles.